The van der Waals surface area contributed by atoms with Crippen molar-refractivity contribution in [3.05, 3.63) is 0 Å². The second-order valence-electron chi connectivity index (χ2n) is 4.70. The molecule has 1 rings (SSSR count). The van der Waals surface area contributed by atoms with Crippen molar-refractivity contribution in [1.29, 1.82) is 0 Å². The average Bonchev–Trinajstić information content (AvgIpc) is 2.16. The van der Waals surface area contributed by atoms with E-state index < -0.39 is 0 Å². The van der Waals surface area contributed by atoms with Crippen LogP contribution in [0.25, 0.3) is 0 Å². The summed E-state index contributed by atoms with van der Waals surface area (Å²) in [7, 11) is 0. The van der Waals surface area contributed by atoms with Crippen LogP contribution in [0.15, 0.2) is 0 Å². The maximum Gasteiger partial charge on any atom is 0.0149 e. The molecule has 1 aliphatic rings. The van der Waals surface area contributed by atoms with Gasteiger partial charge in [0.2, 0.25) is 0 Å². The largest absolute Gasteiger partial charge is 0.317 e. The quantitative estimate of drug-likeness (QED) is 0.729. The molecule has 0 spiro atoms. The summed E-state index contributed by atoms with van der Waals surface area (Å²) in [5, 5.41) is 5.01. The molecule has 3 heteroatoms. The van der Waals surface area contributed by atoms with Crippen LogP contribution in [0, 0.1) is 0 Å². The zero-order chi connectivity index (χ0) is 11.3. The summed E-state index contributed by atoms with van der Waals surface area (Å²) in [6.07, 6.45) is 1.28. The molecule has 1 saturated heterocycles. The number of nitrogens with one attached hydrogen (secondary N) is 1. The van der Waals surface area contributed by atoms with Crippen molar-refractivity contribution in [2.24, 2.45) is 0 Å². The van der Waals surface area contributed by atoms with E-state index in [9.17, 15) is 0 Å². The van der Waals surface area contributed by atoms with E-state index >= 15 is 0 Å². The van der Waals surface area contributed by atoms with Gasteiger partial charge in [-0.1, -0.05) is 20.8 Å². The lowest BCUT2D eigenvalue weighted by Gasteiger charge is -2.38. The number of hydrogen-bond donors (Lipinski definition) is 1. The van der Waals surface area contributed by atoms with Crippen molar-refractivity contribution >= 4 is 11.8 Å². The number of nitrogens with zero attached hydrogens (tertiary/aromatic N) is 1. The lowest BCUT2D eigenvalue weighted by atomic mass is 10.1. The van der Waals surface area contributed by atoms with Crippen molar-refractivity contribution in [1.82, 2.24) is 10.2 Å². The molecule has 1 fully saturated rings. The molecule has 1 aliphatic heterocycles. The fourth-order valence-electron chi connectivity index (χ4n) is 2.25. The third kappa shape index (κ3) is 4.75. The van der Waals surface area contributed by atoms with Crippen LogP contribution in [-0.4, -0.2) is 47.6 Å². The minimum atomic E-state index is 0.731. The monoisotopic (exact) mass is 230 g/mol. The fraction of sp³-hybridized carbons (Fsp3) is 1.00. The average molecular weight is 230 g/mol. The van der Waals surface area contributed by atoms with Gasteiger partial charge in [0.1, 0.15) is 0 Å². The number of thioether (sulfide) groups is 1. The van der Waals surface area contributed by atoms with E-state index in [1.807, 2.05) is 0 Å². The van der Waals surface area contributed by atoms with E-state index in [2.05, 4.69) is 49.7 Å². The Balaban J connectivity index is 2.28. The maximum absolute atomic E-state index is 3.41. The Bertz CT molecular complexity index is 165. The second-order valence-corrected chi connectivity index (χ2v) is 6.58. The van der Waals surface area contributed by atoms with Crippen molar-refractivity contribution in [2.45, 2.75) is 50.7 Å². The molecule has 1 heterocycles. The first-order valence-electron chi connectivity index (χ1n) is 6.23. The molecule has 90 valence electrons. The highest BCUT2D eigenvalue weighted by molar-refractivity contribution is 8.00. The van der Waals surface area contributed by atoms with Crippen molar-refractivity contribution in [2.75, 3.05) is 26.2 Å². The molecule has 15 heavy (non-hydrogen) atoms. The lowest BCUT2D eigenvalue weighted by Crippen LogP contribution is -2.46. The zero-order valence-corrected chi connectivity index (χ0v) is 11.4. The molecule has 0 radical (unpaired) electrons. The Morgan fingerprint density at radius 3 is 2.47 bits per heavy atom. The van der Waals surface area contributed by atoms with Crippen molar-refractivity contribution < 1.29 is 0 Å². The smallest absolute Gasteiger partial charge is 0.0149 e. The van der Waals surface area contributed by atoms with Crippen molar-refractivity contribution in [3.63, 3.8) is 0 Å². The van der Waals surface area contributed by atoms with Gasteiger partial charge in [-0.25, -0.2) is 0 Å². The molecule has 0 amide bonds. The first kappa shape index (κ1) is 13.3. The Hall–Kier alpha value is 0.270. The number of rotatable bonds is 5. The first-order chi connectivity index (χ1) is 7.13. The minimum Gasteiger partial charge on any atom is -0.317 e. The highest BCUT2D eigenvalue weighted by Gasteiger charge is 2.25. The fourth-order valence-corrected chi connectivity index (χ4v) is 3.60. The minimum absolute atomic E-state index is 0.731. The predicted octanol–water partition coefficient (Wildman–Crippen LogP) is 2.20. The summed E-state index contributed by atoms with van der Waals surface area (Å²) in [6, 6.07) is 0.731. The van der Waals surface area contributed by atoms with Gasteiger partial charge in [-0.2, -0.15) is 11.8 Å². The van der Waals surface area contributed by atoms with E-state index in [1.165, 1.54) is 19.5 Å². The molecule has 2 nitrogen and oxygen atoms in total. The summed E-state index contributed by atoms with van der Waals surface area (Å²) < 4.78 is 0. The van der Waals surface area contributed by atoms with E-state index in [4.69, 9.17) is 0 Å². The summed E-state index contributed by atoms with van der Waals surface area (Å²) >= 11 is 2.13. The Kier molecular flexibility index (Phi) is 6.02. The third-order valence-corrected chi connectivity index (χ3v) is 4.29. The molecule has 3 atom stereocenters. The van der Waals surface area contributed by atoms with Gasteiger partial charge in [0.05, 0.1) is 0 Å². The highest BCUT2D eigenvalue weighted by atomic mass is 32.2. The summed E-state index contributed by atoms with van der Waals surface area (Å²) in [6.45, 7) is 14.0. The van der Waals surface area contributed by atoms with Gasteiger partial charge in [0, 0.05) is 29.6 Å². The molecule has 0 bridgehead atoms. The van der Waals surface area contributed by atoms with E-state index in [1.54, 1.807) is 0 Å². The Morgan fingerprint density at radius 1 is 1.33 bits per heavy atom. The SMILES string of the molecule is CCNCCC(C)N1CC(C)SC(C)C1. The summed E-state index contributed by atoms with van der Waals surface area (Å²) in [5.74, 6) is 0. The molecule has 0 aromatic rings. The van der Waals surface area contributed by atoms with Gasteiger partial charge in [0.25, 0.3) is 0 Å². The van der Waals surface area contributed by atoms with Gasteiger partial charge in [-0.3, -0.25) is 4.90 Å². The van der Waals surface area contributed by atoms with Crippen LogP contribution in [0.3, 0.4) is 0 Å². The van der Waals surface area contributed by atoms with Gasteiger partial charge >= 0.3 is 0 Å². The number of hydrogen-bond acceptors (Lipinski definition) is 3. The summed E-state index contributed by atoms with van der Waals surface area (Å²) in [5.41, 5.74) is 0. The van der Waals surface area contributed by atoms with Crippen molar-refractivity contribution in [3.8, 4) is 0 Å². The predicted molar refractivity (Wildman–Crippen MR) is 70.7 cm³/mol. The molecule has 1 N–H and O–H groups in total. The van der Waals surface area contributed by atoms with Crippen LogP contribution in [0.2, 0.25) is 0 Å². The molecule has 0 aromatic heterocycles. The van der Waals surface area contributed by atoms with Crippen LogP contribution >= 0.6 is 11.8 Å². The second kappa shape index (κ2) is 6.77. The van der Waals surface area contributed by atoms with Crippen LogP contribution < -0.4 is 5.32 Å². The van der Waals surface area contributed by atoms with Crippen LogP contribution in [0.1, 0.15) is 34.1 Å². The molecular formula is C12H26N2S. The van der Waals surface area contributed by atoms with Crippen LogP contribution in [-0.2, 0) is 0 Å². The molecule has 3 unspecified atom stereocenters. The van der Waals surface area contributed by atoms with Gasteiger partial charge in [0.15, 0.2) is 0 Å². The maximum atomic E-state index is 3.41. The van der Waals surface area contributed by atoms with Gasteiger partial charge in [-0.05, 0) is 26.4 Å². The molecule has 0 aromatic carbocycles. The molecule has 0 aliphatic carbocycles. The zero-order valence-electron chi connectivity index (χ0n) is 10.6. The normalized spacial score (nSPS) is 30.4. The highest BCUT2D eigenvalue weighted by Crippen LogP contribution is 2.26. The van der Waals surface area contributed by atoms with E-state index in [0.29, 0.717) is 0 Å². The standard InChI is InChI=1S/C12H26N2S/c1-5-13-7-6-10(2)14-8-11(3)15-12(4)9-14/h10-13H,5-9H2,1-4H3. The third-order valence-electron chi connectivity index (χ3n) is 3.06. The Morgan fingerprint density at radius 2 is 1.93 bits per heavy atom. The van der Waals surface area contributed by atoms with Crippen LogP contribution in [0.5, 0.6) is 0 Å². The molecule has 0 saturated carbocycles. The Labute approximate surface area is 99.2 Å². The summed E-state index contributed by atoms with van der Waals surface area (Å²) in [4.78, 5) is 2.66. The topological polar surface area (TPSA) is 15.3 Å². The lowest BCUT2D eigenvalue weighted by molar-refractivity contribution is 0.197. The van der Waals surface area contributed by atoms with E-state index in [0.717, 1.165) is 29.6 Å². The van der Waals surface area contributed by atoms with Gasteiger partial charge < -0.3 is 5.32 Å². The first-order valence-corrected chi connectivity index (χ1v) is 7.18. The van der Waals surface area contributed by atoms with Crippen LogP contribution in [0.4, 0.5) is 0 Å². The molecular weight excluding hydrogens is 204 g/mol. The van der Waals surface area contributed by atoms with Gasteiger partial charge in [-0.15, -0.1) is 0 Å². The van der Waals surface area contributed by atoms with E-state index in [-0.39, 0.29) is 0 Å².